The van der Waals surface area contributed by atoms with E-state index in [2.05, 4.69) is 11.9 Å². The van der Waals surface area contributed by atoms with Gasteiger partial charge in [0.05, 0.1) is 16.2 Å². The highest BCUT2D eigenvalue weighted by Gasteiger charge is 2.27. The van der Waals surface area contributed by atoms with Gasteiger partial charge in [-0.15, -0.1) is 0 Å². The summed E-state index contributed by atoms with van der Waals surface area (Å²) in [6, 6.07) is 6.95. The summed E-state index contributed by atoms with van der Waals surface area (Å²) in [5.74, 6) is 0.830. The van der Waals surface area contributed by atoms with Crippen LogP contribution in [0.4, 0.5) is 0 Å². The van der Waals surface area contributed by atoms with E-state index in [1.54, 1.807) is 24.3 Å². The molecule has 0 amide bonds. The summed E-state index contributed by atoms with van der Waals surface area (Å²) >= 11 is 0. The fourth-order valence-electron chi connectivity index (χ4n) is 3.43. The minimum absolute atomic E-state index is 0.213. The van der Waals surface area contributed by atoms with Gasteiger partial charge in [0.25, 0.3) is 0 Å². The molecule has 0 saturated heterocycles. The van der Waals surface area contributed by atoms with Gasteiger partial charge < -0.3 is 4.74 Å². The van der Waals surface area contributed by atoms with E-state index in [-0.39, 0.29) is 11.3 Å². The number of unbranched alkanes of at least 4 members (excludes halogenated alkanes) is 9. The van der Waals surface area contributed by atoms with E-state index in [9.17, 15) is 8.42 Å². The summed E-state index contributed by atoms with van der Waals surface area (Å²) in [4.78, 5) is 4.93. The molecule has 0 saturated carbocycles. The Morgan fingerprint density at radius 2 is 1.43 bits per heavy atom. The van der Waals surface area contributed by atoms with Gasteiger partial charge in [-0.1, -0.05) is 64.7 Å². The Morgan fingerprint density at radius 1 is 0.893 bits per heavy atom. The van der Waals surface area contributed by atoms with Crippen molar-refractivity contribution >= 4 is 15.7 Å². The minimum Gasteiger partial charge on any atom is -0.475 e. The van der Waals surface area contributed by atoms with Crippen LogP contribution in [0.25, 0.3) is 0 Å². The molecule has 0 spiro atoms. The lowest BCUT2D eigenvalue weighted by atomic mass is 10.1. The van der Waals surface area contributed by atoms with Gasteiger partial charge in [0.1, 0.15) is 6.61 Å². The van der Waals surface area contributed by atoms with E-state index in [0.717, 1.165) is 24.8 Å². The van der Waals surface area contributed by atoms with Gasteiger partial charge in [0, 0.05) is 5.56 Å². The standard InChI is InChI=1S/C23H37NO3S/c1-4-5-6-7-8-9-10-11-12-13-18-28(25,26)21-16-14-20(15-17-21)22-24-23(2,3)19-27-22/h14-17H,4-13,18-19H2,1-3H3. The first-order valence-electron chi connectivity index (χ1n) is 10.9. The fourth-order valence-corrected chi connectivity index (χ4v) is 4.81. The summed E-state index contributed by atoms with van der Waals surface area (Å²) in [5.41, 5.74) is 0.624. The molecule has 1 aromatic rings. The molecule has 1 aliphatic heterocycles. The minimum atomic E-state index is -3.21. The van der Waals surface area contributed by atoms with Crippen LogP contribution in [0.5, 0.6) is 0 Å². The first-order chi connectivity index (χ1) is 13.3. The van der Waals surface area contributed by atoms with Crippen LogP contribution in [0.2, 0.25) is 0 Å². The summed E-state index contributed by atoms with van der Waals surface area (Å²) in [6.07, 6.45) is 12.0. The van der Waals surface area contributed by atoms with Crippen molar-refractivity contribution in [3.63, 3.8) is 0 Å². The van der Waals surface area contributed by atoms with E-state index in [1.807, 2.05) is 13.8 Å². The quantitative estimate of drug-likeness (QED) is 0.380. The average molecular weight is 408 g/mol. The number of rotatable bonds is 13. The maximum Gasteiger partial charge on any atom is 0.216 e. The molecule has 0 aliphatic carbocycles. The second-order valence-corrected chi connectivity index (χ2v) is 10.7. The molecular formula is C23H37NO3S. The van der Waals surface area contributed by atoms with Crippen molar-refractivity contribution in [1.29, 1.82) is 0 Å². The third-order valence-corrected chi connectivity index (χ3v) is 7.01. The third-order valence-electron chi connectivity index (χ3n) is 5.19. The zero-order chi connectivity index (χ0) is 20.5. The van der Waals surface area contributed by atoms with Crippen LogP contribution < -0.4 is 0 Å². The Bertz CT molecular complexity index is 721. The van der Waals surface area contributed by atoms with Gasteiger partial charge in [0.2, 0.25) is 5.90 Å². The highest BCUT2D eigenvalue weighted by atomic mass is 32.2. The highest BCUT2D eigenvalue weighted by molar-refractivity contribution is 7.91. The first-order valence-corrected chi connectivity index (χ1v) is 12.6. The monoisotopic (exact) mass is 407 g/mol. The summed E-state index contributed by atoms with van der Waals surface area (Å²) in [6.45, 7) is 6.83. The molecule has 1 aliphatic rings. The van der Waals surface area contributed by atoms with Crippen molar-refractivity contribution in [3.8, 4) is 0 Å². The maximum atomic E-state index is 12.5. The molecule has 0 bridgehead atoms. The van der Waals surface area contributed by atoms with E-state index in [0.29, 0.717) is 17.4 Å². The first kappa shape index (κ1) is 22.9. The summed E-state index contributed by atoms with van der Waals surface area (Å²) in [7, 11) is -3.21. The number of benzene rings is 1. The highest BCUT2D eigenvalue weighted by Crippen LogP contribution is 2.22. The molecular weight excluding hydrogens is 370 g/mol. The molecule has 1 heterocycles. The molecule has 4 nitrogen and oxygen atoms in total. The van der Waals surface area contributed by atoms with E-state index in [4.69, 9.17) is 4.74 Å². The average Bonchev–Trinajstić information content (AvgIpc) is 3.03. The van der Waals surface area contributed by atoms with Crippen LogP contribution in [-0.4, -0.2) is 32.2 Å². The Balaban J connectivity index is 1.70. The van der Waals surface area contributed by atoms with Crippen molar-refractivity contribution in [1.82, 2.24) is 0 Å². The van der Waals surface area contributed by atoms with Crippen LogP contribution >= 0.6 is 0 Å². The Morgan fingerprint density at radius 3 is 1.93 bits per heavy atom. The lowest BCUT2D eigenvalue weighted by Crippen LogP contribution is -2.17. The Hall–Kier alpha value is -1.36. The maximum absolute atomic E-state index is 12.5. The second kappa shape index (κ2) is 11.0. The molecule has 1 aromatic carbocycles. The van der Waals surface area contributed by atoms with Gasteiger partial charge >= 0.3 is 0 Å². The molecule has 158 valence electrons. The van der Waals surface area contributed by atoms with Crippen molar-refractivity contribution in [2.24, 2.45) is 4.99 Å². The normalized spacial score (nSPS) is 16.0. The van der Waals surface area contributed by atoms with Gasteiger partial charge in [0.15, 0.2) is 9.84 Å². The molecule has 0 N–H and O–H groups in total. The van der Waals surface area contributed by atoms with Crippen molar-refractivity contribution in [2.75, 3.05) is 12.4 Å². The smallest absolute Gasteiger partial charge is 0.216 e. The fraction of sp³-hybridized carbons (Fsp3) is 0.696. The zero-order valence-corrected chi connectivity index (χ0v) is 18.7. The van der Waals surface area contributed by atoms with Gasteiger partial charge in [-0.05, 0) is 44.5 Å². The van der Waals surface area contributed by atoms with Crippen LogP contribution in [0.15, 0.2) is 34.2 Å². The van der Waals surface area contributed by atoms with Gasteiger partial charge in [-0.3, -0.25) is 0 Å². The lowest BCUT2D eigenvalue weighted by molar-refractivity contribution is 0.279. The molecule has 0 aromatic heterocycles. The van der Waals surface area contributed by atoms with E-state index < -0.39 is 9.84 Å². The predicted molar refractivity (Wildman–Crippen MR) is 117 cm³/mol. The SMILES string of the molecule is CCCCCCCCCCCCS(=O)(=O)c1ccc(C2=NC(C)(C)CO2)cc1. The zero-order valence-electron chi connectivity index (χ0n) is 17.9. The Kier molecular flexibility index (Phi) is 9.00. The number of hydrogen-bond acceptors (Lipinski definition) is 4. The van der Waals surface area contributed by atoms with E-state index >= 15 is 0 Å². The molecule has 28 heavy (non-hydrogen) atoms. The summed E-state index contributed by atoms with van der Waals surface area (Å²) in [5, 5.41) is 0. The molecule has 0 fully saturated rings. The molecule has 5 heteroatoms. The number of nitrogens with zero attached hydrogens (tertiary/aromatic N) is 1. The lowest BCUT2D eigenvalue weighted by Gasteiger charge is -2.07. The molecule has 2 rings (SSSR count). The number of aliphatic imine (C=N–C) groups is 1. The Labute approximate surface area is 171 Å². The topological polar surface area (TPSA) is 55.7 Å². The van der Waals surface area contributed by atoms with Crippen LogP contribution in [0.1, 0.15) is 90.5 Å². The number of ether oxygens (including phenoxy) is 1. The van der Waals surface area contributed by atoms with Crippen molar-refractivity contribution in [3.05, 3.63) is 29.8 Å². The van der Waals surface area contributed by atoms with Gasteiger partial charge in [-0.25, -0.2) is 13.4 Å². The number of sulfone groups is 1. The third kappa shape index (κ3) is 7.57. The van der Waals surface area contributed by atoms with Crippen LogP contribution in [0, 0.1) is 0 Å². The van der Waals surface area contributed by atoms with E-state index in [1.165, 1.54) is 44.9 Å². The molecule has 0 atom stereocenters. The van der Waals surface area contributed by atoms with Crippen molar-refractivity contribution < 1.29 is 13.2 Å². The second-order valence-electron chi connectivity index (χ2n) is 8.54. The largest absolute Gasteiger partial charge is 0.475 e. The molecule has 0 radical (unpaired) electrons. The number of hydrogen-bond donors (Lipinski definition) is 0. The summed E-state index contributed by atoms with van der Waals surface area (Å²) < 4.78 is 30.7. The van der Waals surface area contributed by atoms with Crippen LogP contribution in [-0.2, 0) is 14.6 Å². The van der Waals surface area contributed by atoms with Crippen molar-refractivity contribution in [2.45, 2.75) is 95.4 Å². The van der Waals surface area contributed by atoms with Crippen LogP contribution in [0.3, 0.4) is 0 Å². The molecule has 0 unspecified atom stereocenters. The predicted octanol–water partition coefficient (Wildman–Crippen LogP) is 5.94. The van der Waals surface area contributed by atoms with Gasteiger partial charge in [-0.2, -0.15) is 0 Å².